The Balaban J connectivity index is 0.00000225. The molecule has 0 aromatic heterocycles. The summed E-state index contributed by atoms with van der Waals surface area (Å²) >= 11 is 24.4. The molecule has 1 fully saturated rings. The number of nitrogens with one attached hydrogen (secondary N) is 2. The first-order valence-corrected chi connectivity index (χ1v) is 11.3. The molecule has 0 saturated heterocycles. The first-order chi connectivity index (χ1) is 13.5. The van der Waals surface area contributed by atoms with Crippen molar-refractivity contribution >= 4 is 71.2 Å². The average Bonchev–Trinajstić information content (AvgIpc) is 2.66. The summed E-state index contributed by atoms with van der Waals surface area (Å²) in [5.41, 5.74) is 2.19. The third kappa shape index (κ3) is 8.92. The van der Waals surface area contributed by atoms with Crippen LogP contribution in [0.5, 0.6) is 0 Å². The molecule has 0 heterocycles. The molecule has 0 amide bonds. The largest absolute Gasteiger partial charge is 0.312 e. The SMILES string of the molecule is Cl.Cl.Clc1ccc(CNCC2CCCC(CNCc3ccc(Cl)cc3Cl)C2)c(Cl)c1. The maximum Gasteiger partial charge on any atom is 0.0465 e. The van der Waals surface area contributed by atoms with Gasteiger partial charge in [-0.05, 0) is 79.6 Å². The Morgan fingerprint density at radius 3 is 1.53 bits per heavy atom. The van der Waals surface area contributed by atoms with Gasteiger partial charge in [0.05, 0.1) is 0 Å². The maximum absolute atomic E-state index is 6.25. The van der Waals surface area contributed by atoms with Crippen molar-refractivity contribution in [3.63, 3.8) is 0 Å². The zero-order valence-corrected chi connectivity index (χ0v) is 21.3. The van der Waals surface area contributed by atoms with E-state index in [0.717, 1.165) is 47.4 Å². The van der Waals surface area contributed by atoms with Crippen molar-refractivity contribution in [2.24, 2.45) is 11.8 Å². The highest BCUT2D eigenvalue weighted by Crippen LogP contribution is 2.29. The lowest BCUT2D eigenvalue weighted by Gasteiger charge is -2.29. The number of benzene rings is 2. The second-order valence-corrected chi connectivity index (χ2v) is 9.32. The van der Waals surface area contributed by atoms with Crippen LogP contribution in [-0.2, 0) is 13.1 Å². The van der Waals surface area contributed by atoms with E-state index in [1.54, 1.807) is 12.1 Å². The van der Waals surface area contributed by atoms with E-state index in [1.165, 1.54) is 25.7 Å². The number of halogens is 6. The highest BCUT2D eigenvalue weighted by Gasteiger charge is 2.21. The summed E-state index contributed by atoms with van der Waals surface area (Å²) in [4.78, 5) is 0. The van der Waals surface area contributed by atoms with Crippen LogP contribution in [0.3, 0.4) is 0 Å². The molecule has 2 atom stereocenters. The molecule has 2 unspecified atom stereocenters. The maximum atomic E-state index is 6.25. The molecule has 2 nitrogen and oxygen atoms in total. The van der Waals surface area contributed by atoms with E-state index in [0.29, 0.717) is 21.9 Å². The fourth-order valence-corrected chi connectivity index (χ4v) is 4.88. The van der Waals surface area contributed by atoms with E-state index in [-0.39, 0.29) is 24.8 Å². The first kappa shape index (κ1) is 28.1. The van der Waals surface area contributed by atoms with Gasteiger partial charge in [0.1, 0.15) is 0 Å². The molecule has 2 aromatic rings. The molecular formula is C22H28Cl6N2. The van der Waals surface area contributed by atoms with Crippen LogP contribution in [0, 0.1) is 11.8 Å². The Morgan fingerprint density at radius 2 is 1.13 bits per heavy atom. The number of rotatable bonds is 8. The van der Waals surface area contributed by atoms with Gasteiger partial charge >= 0.3 is 0 Å². The highest BCUT2D eigenvalue weighted by molar-refractivity contribution is 6.35. The lowest BCUT2D eigenvalue weighted by atomic mass is 9.81. The van der Waals surface area contributed by atoms with E-state index < -0.39 is 0 Å². The lowest BCUT2D eigenvalue weighted by molar-refractivity contribution is 0.252. The van der Waals surface area contributed by atoms with Crippen molar-refractivity contribution in [1.82, 2.24) is 10.6 Å². The van der Waals surface area contributed by atoms with Crippen molar-refractivity contribution in [3.8, 4) is 0 Å². The first-order valence-electron chi connectivity index (χ1n) is 9.80. The predicted octanol–water partition coefficient (Wildman–Crippen LogP) is 7.83. The molecule has 30 heavy (non-hydrogen) atoms. The Hall–Kier alpha value is 0.1000. The molecule has 1 aliphatic rings. The Bertz CT molecular complexity index is 723. The van der Waals surface area contributed by atoms with Gasteiger partial charge in [-0.2, -0.15) is 0 Å². The summed E-state index contributed by atoms with van der Waals surface area (Å²) < 4.78 is 0. The molecular weight excluding hydrogens is 505 g/mol. The molecule has 2 N–H and O–H groups in total. The zero-order valence-electron chi connectivity index (χ0n) is 16.6. The Morgan fingerprint density at radius 1 is 0.700 bits per heavy atom. The van der Waals surface area contributed by atoms with Gasteiger partial charge in [0.25, 0.3) is 0 Å². The fraction of sp³-hybridized carbons (Fsp3) is 0.455. The van der Waals surface area contributed by atoms with Crippen LogP contribution in [0.1, 0.15) is 36.8 Å². The summed E-state index contributed by atoms with van der Waals surface area (Å²) in [6.45, 7) is 3.62. The van der Waals surface area contributed by atoms with Crippen LogP contribution in [0.15, 0.2) is 36.4 Å². The summed E-state index contributed by atoms with van der Waals surface area (Å²) in [5, 5.41) is 9.95. The highest BCUT2D eigenvalue weighted by atomic mass is 35.5. The van der Waals surface area contributed by atoms with Crippen molar-refractivity contribution in [2.45, 2.75) is 38.8 Å². The van der Waals surface area contributed by atoms with E-state index in [2.05, 4.69) is 10.6 Å². The van der Waals surface area contributed by atoms with Gasteiger partial charge in [-0.15, -0.1) is 24.8 Å². The molecule has 0 spiro atoms. The topological polar surface area (TPSA) is 24.1 Å². The molecule has 1 aliphatic carbocycles. The normalized spacial score (nSPS) is 18.4. The third-order valence-electron chi connectivity index (χ3n) is 5.42. The molecule has 168 valence electrons. The molecule has 0 aliphatic heterocycles. The molecule has 2 aromatic carbocycles. The summed E-state index contributed by atoms with van der Waals surface area (Å²) in [7, 11) is 0. The molecule has 1 saturated carbocycles. The zero-order chi connectivity index (χ0) is 19.9. The van der Waals surface area contributed by atoms with Crippen molar-refractivity contribution in [2.75, 3.05) is 13.1 Å². The van der Waals surface area contributed by atoms with E-state index in [1.807, 2.05) is 24.3 Å². The minimum atomic E-state index is 0. The van der Waals surface area contributed by atoms with Gasteiger partial charge in [0, 0.05) is 33.2 Å². The standard InChI is InChI=1S/C22H26Cl4N2.2ClH/c23-19-6-4-17(21(25)9-19)13-27-11-15-2-1-3-16(8-15)12-28-14-18-5-7-20(24)10-22(18)26;;/h4-7,9-10,15-16,27-28H,1-3,8,11-14H2;2*1H. The smallest absolute Gasteiger partial charge is 0.0465 e. The van der Waals surface area contributed by atoms with Crippen molar-refractivity contribution in [3.05, 3.63) is 67.6 Å². The van der Waals surface area contributed by atoms with Crippen LogP contribution >= 0.6 is 71.2 Å². The van der Waals surface area contributed by atoms with Crippen LogP contribution in [0.2, 0.25) is 20.1 Å². The van der Waals surface area contributed by atoms with Crippen molar-refractivity contribution < 1.29 is 0 Å². The van der Waals surface area contributed by atoms with E-state index >= 15 is 0 Å². The van der Waals surface area contributed by atoms with Crippen LogP contribution in [-0.4, -0.2) is 13.1 Å². The lowest BCUT2D eigenvalue weighted by Crippen LogP contribution is -2.31. The summed E-state index contributed by atoms with van der Waals surface area (Å²) in [6.07, 6.45) is 5.13. The van der Waals surface area contributed by atoms with Gasteiger partial charge in [0.15, 0.2) is 0 Å². The third-order valence-corrected chi connectivity index (χ3v) is 6.59. The molecule has 0 radical (unpaired) electrons. The van der Waals surface area contributed by atoms with E-state index in [9.17, 15) is 0 Å². The molecule has 3 rings (SSSR count). The predicted molar refractivity (Wildman–Crippen MR) is 136 cm³/mol. The Kier molecular flexibility index (Phi) is 13.4. The molecule has 0 bridgehead atoms. The summed E-state index contributed by atoms with van der Waals surface area (Å²) in [6, 6.07) is 11.4. The average molecular weight is 533 g/mol. The second-order valence-electron chi connectivity index (χ2n) is 7.63. The van der Waals surface area contributed by atoms with Gasteiger partial charge in [-0.3, -0.25) is 0 Å². The van der Waals surface area contributed by atoms with Gasteiger partial charge in [0.2, 0.25) is 0 Å². The molecule has 8 heteroatoms. The van der Waals surface area contributed by atoms with Gasteiger partial charge in [-0.1, -0.05) is 65.0 Å². The number of hydrogen-bond acceptors (Lipinski definition) is 2. The summed E-state index contributed by atoms with van der Waals surface area (Å²) in [5.74, 6) is 1.43. The van der Waals surface area contributed by atoms with Gasteiger partial charge in [-0.25, -0.2) is 0 Å². The quantitative estimate of drug-likeness (QED) is 0.362. The number of hydrogen-bond donors (Lipinski definition) is 2. The minimum absolute atomic E-state index is 0. The van der Waals surface area contributed by atoms with Crippen LogP contribution < -0.4 is 10.6 Å². The Labute approximate surface area is 212 Å². The monoisotopic (exact) mass is 530 g/mol. The van der Waals surface area contributed by atoms with Crippen molar-refractivity contribution in [1.29, 1.82) is 0 Å². The van der Waals surface area contributed by atoms with Crippen LogP contribution in [0.25, 0.3) is 0 Å². The van der Waals surface area contributed by atoms with Crippen LogP contribution in [0.4, 0.5) is 0 Å². The fourth-order valence-electron chi connectivity index (χ4n) is 3.93. The van der Waals surface area contributed by atoms with Gasteiger partial charge < -0.3 is 10.6 Å². The van der Waals surface area contributed by atoms with E-state index in [4.69, 9.17) is 46.4 Å². The second kappa shape index (κ2) is 14.3. The minimum Gasteiger partial charge on any atom is -0.312 e.